The minimum atomic E-state index is -0.00729. The molecule has 0 saturated heterocycles. The van der Waals surface area contributed by atoms with Crippen LogP contribution in [0.1, 0.15) is 5.56 Å². The maximum atomic E-state index is 12.5. The van der Waals surface area contributed by atoms with Crippen molar-refractivity contribution in [3.63, 3.8) is 0 Å². The van der Waals surface area contributed by atoms with E-state index in [9.17, 15) is 4.79 Å². The molecule has 0 N–H and O–H groups in total. The van der Waals surface area contributed by atoms with Crippen LogP contribution in [0.4, 0.5) is 5.69 Å². The fraction of sp³-hybridized carbons (Fsp3) is 0.118. The largest absolute Gasteiger partial charge is 0.303 e. The van der Waals surface area contributed by atoms with Crippen LogP contribution in [-0.2, 0) is 10.5 Å². The molecule has 1 heterocycles. The van der Waals surface area contributed by atoms with Crippen LogP contribution in [-0.4, -0.2) is 12.5 Å². The highest BCUT2D eigenvalue weighted by Crippen LogP contribution is 2.35. The molecule has 0 unspecified atom stereocenters. The predicted octanol–water partition coefficient (Wildman–Crippen LogP) is 4.42. The van der Waals surface area contributed by atoms with E-state index in [0.717, 1.165) is 11.4 Å². The summed E-state index contributed by atoms with van der Waals surface area (Å²) in [5.41, 5.74) is 2.07. The molecular weight excluding hydrogens is 302 g/mol. The number of anilines is 1. The fourth-order valence-electron chi connectivity index (χ4n) is 2.21. The summed E-state index contributed by atoms with van der Waals surface area (Å²) in [4.78, 5) is 14.9. The first-order valence-corrected chi connectivity index (χ1v) is 8.04. The van der Waals surface area contributed by atoms with Gasteiger partial charge in [-0.1, -0.05) is 60.1 Å². The first-order valence-electron chi connectivity index (χ1n) is 6.68. The second-order valence-electron chi connectivity index (χ2n) is 4.74. The molecule has 4 heteroatoms. The summed E-state index contributed by atoms with van der Waals surface area (Å²) < 4.78 is 0. The number of carbonyl (C=O) groups is 1. The Kier molecular flexibility index (Phi) is 4.32. The van der Waals surface area contributed by atoms with Crippen LogP contribution in [0.15, 0.2) is 70.6 Å². The lowest BCUT2D eigenvalue weighted by molar-refractivity contribution is -0.113. The van der Waals surface area contributed by atoms with Crippen LogP contribution in [0.2, 0.25) is 0 Å². The summed E-state index contributed by atoms with van der Waals surface area (Å²) >= 11 is 7.79. The summed E-state index contributed by atoms with van der Waals surface area (Å²) in [6, 6.07) is 19.7. The van der Waals surface area contributed by atoms with Crippen LogP contribution in [0, 0.1) is 0 Å². The molecule has 3 rings (SSSR count). The van der Waals surface area contributed by atoms with E-state index in [2.05, 4.69) is 12.1 Å². The molecule has 1 amide bonds. The van der Waals surface area contributed by atoms with Crippen molar-refractivity contribution in [2.24, 2.45) is 0 Å². The van der Waals surface area contributed by atoms with Gasteiger partial charge in [0.25, 0.3) is 5.91 Å². The van der Waals surface area contributed by atoms with Crippen molar-refractivity contribution in [1.82, 2.24) is 0 Å². The van der Waals surface area contributed by atoms with Crippen molar-refractivity contribution >= 4 is 35.0 Å². The molecule has 21 heavy (non-hydrogen) atoms. The van der Waals surface area contributed by atoms with Crippen LogP contribution in [0.25, 0.3) is 0 Å². The minimum Gasteiger partial charge on any atom is -0.303 e. The highest BCUT2D eigenvalue weighted by atomic mass is 35.5. The van der Waals surface area contributed by atoms with Crippen LogP contribution >= 0.6 is 23.4 Å². The van der Waals surface area contributed by atoms with Gasteiger partial charge < -0.3 is 4.90 Å². The van der Waals surface area contributed by atoms with Gasteiger partial charge in [0.2, 0.25) is 0 Å². The van der Waals surface area contributed by atoms with Gasteiger partial charge in [-0.15, -0.1) is 11.8 Å². The van der Waals surface area contributed by atoms with Gasteiger partial charge in [0.1, 0.15) is 0 Å². The smallest absolute Gasteiger partial charge is 0.266 e. The van der Waals surface area contributed by atoms with E-state index < -0.39 is 0 Å². The van der Waals surface area contributed by atoms with Crippen LogP contribution in [0.5, 0.6) is 0 Å². The maximum absolute atomic E-state index is 12.5. The molecule has 0 aromatic heterocycles. The first-order chi connectivity index (χ1) is 10.3. The molecule has 0 bridgehead atoms. The number of carbonyl (C=O) groups excluding carboxylic acids is 1. The summed E-state index contributed by atoms with van der Waals surface area (Å²) in [6.07, 6.45) is 0. The topological polar surface area (TPSA) is 20.3 Å². The lowest BCUT2D eigenvalue weighted by Gasteiger charge is -2.16. The van der Waals surface area contributed by atoms with Gasteiger partial charge in [0.05, 0.1) is 16.5 Å². The molecule has 0 spiro atoms. The third-order valence-electron chi connectivity index (χ3n) is 3.28. The molecule has 0 saturated carbocycles. The summed E-state index contributed by atoms with van der Waals surface area (Å²) in [7, 11) is 0. The summed E-state index contributed by atoms with van der Waals surface area (Å²) in [5.74, 6) is 0.743. The zero-order valence-electron chi connectivity index (χ0n) is 11.3. The number of hydrogen-bond donors (Lipinski definition) is 0. The average Bonchev–Trinajstić information content (AvgIpc) is 2.82. The highest BCUT2D eigenvalue weighted by Gasteiger charge is 2.30. The Hall–Kier alpha value is -1.71. The van der Waals surface area contributed by atoms with Crippen molar-refractivity contribution in [1.29, 1.82) is 0 Å². The molecule has 0 radical (unpaired) electrons. The van der Waals surface area contributed by atoms with Gasteiger partial charge in [-0.05, 0) is 17.7 Å². The van der Waals surface area contributed by atoms with E-state index in [4.69, 9.17) is 11.6 Å². The number of benzene rings is 2. The molecule has 1 aliphatic rings. The number of thioether (sulfide) groups is 1. The standard InChI is InChI=1S/C17H14ClNOS/c18-15-11-19(14-9-5-2-6-10-14)17(20)16(15)21-12-13-7-3-1-4-8-13/h1-10H,11-12H2. The Labute approximate surface area is 133 Å². The Morgan fingerprint density at radius 1 is 1.00 bits per heavy atom. The van der Waals surface area contributed by atoms with Gasteiger partial charge in [-0.3, -0.25) is 4.79 Å². The minimum absolute atomic E-state index is 0.00729. The first kappa shape index (κ1) is 14.2. The van der Waals surface area contributed by atoms with E-state index in [-0.39, 0.29) is 5.91 Å². The number of nitrogens with zero attached hydrogens (tertiary/aromatic N) is 1. The molecule has 2 aromatic rings. The van der Waals surface area contributed by atoms with Crippen LogP contribution < -0.4 is 4.90 Å². The van der Waals surface area contributed by atoms with E-state index >= 15 is 0 Å². The molecule has 2 nitrogen and oxygen atoms in total. The Balaban J connectivity index is 1.72. The molecule has 0 atom stereocenters. The van der Waals surface area contributed by atoms with Crippen molar-refractivity contribution in [2.45, 2.75) is 5.75 Å². The van der Waals surface area contributed by atoms with Gasteiger partial charge in [0.15, 0.2) is 0 Å². The number of amides is 1. The Morgan fingerprint density at radius 2 is 1.62 bits per heavy atom. The van der Waals surface area contributed by atoms with Gasteiger partial charge in [-0.25, -0.2) is 0 Å². The molecule has 0 aliphatic carbocycles. The van der Waals surface area contributed by atoms with E-state index in [0.29, 0.717) is 16.5 Å². The van der Waals surface area contributed by atoms with E-state index in [1.54, 1.807) is 4.90 Å². The number of hydrogen-bond acceptors (Lipinski definition) is 2. The van der Waals surface area contributed by atoms with Crippen LogP contribution in [0.3, 0.4) is 0 Å². The van der Waals surface area contributed by atoms with E-state index in [1.165, 1.54) is 17.3 Å². The lowest BCUT2D eigenvalue weighted by atomic mass is 10.2. The fourth-order valence-corrected chi connectivity index (χ4v) is 3.53. The van der Waals surface area contributed by atoms with Gasteiger partial charge >= 0.3 is 0 Å². The summed E-state index contributed by atoms with van der Waals surface area (Å²) in [5, 5.41) is 0.629. The van der Waals surface area contributed by atoms with Gasteiger partial charge in [-0.2, -0.15) is 0 Å². The SMILES string of the molecule is O=C1C(SCc2ccccc2)=C(Cl)CN1c1ccccc1. The summed E-state index contributed by atoms with van der Waals surface area (Å²) in [6.45, 7) is 0.460. The third kappa shape index (κ3) is 3.14. The predicted molar refractivity (Wildman–Crippen MR) is 89.4 cm³/mol. The second kappa shape index (κ2) is 6.37. The quantitative estimate of drug-likeness (QED) is 0.832. The third-order valence-corrected chi connectivity index (χ3v) is 4.88. The monoisotopic (exact) mass is 315 g/mol. The van der Waals surface area contributed by atoms with Gasteiger partial charge in [0, 0.05) is 11.4 Å². The molecular formula is C17H14ClNOS. The number of halogens is 1. The van der Waals surface area contributed by atoms with E-state index in [1.807, 2.05) is 48.5 Å². The molecule has 1 aliphatic heterocycles. The zero-order chi connectivity index (χ0) is 14.7. The van der Waals surface area contributed by atoms with Crippen molar-refractivity contribution < 1.29 is 4.79 Å². The van der Waals surface area contributed by atoms with Crippen molar-refractivity contribution in [2.75, 3.05) is 11.4 Å². The second-order valence-corrected chi connectivity index (χ2v) is 6.18. The normalized spacial score (nSPS) is 14.9. The Bertz CT molecular complexity index is 670. The molecule has 0 fully saturated rings. The van der Waals surface area contributed by atoms with Crippen molar-refractivity contribution in [3.8, 4) is 0 Å². The van der Waals surface area contributed by atoms with Crippen molar-refractivity contribution in [3.05, 3.63) is 76.2 Å². The Morgan fingerprint density at radius 3 is 2.29 bits per heavy atom. The molecule has 2 aromatic carbocycles. The number of para-hydroxylation sites is 1. The highest BCUT2D eigenvalue weighted by molar-refractivity contribution is 8.03. The lowest BCUT2D eigenvalue weighted by Crippen LogP contribution is -2.26. The maximum Gasteiger partial charge on any atom is 0.266 e. The average molecular weight is 316 g/mol. The number of rotatable bonds is 4. The molecule has 106 valence electrons. The zero-order valence-corrected chi connectivity index (χ0v) is 12.9.